The second-order valence-electron chi connectivity index (χ2n) is 7.77. The molecule has 0 radical (unpaired) electrons. The summed E-state index contributed by atoms with van der Waals surface area (Å²) in [5.74, 6) is -1.36. The standard InChI is InChI=1S/C22H25FN2O3/c1-14-10-11-15(21(27)25-12-6-9-19(25)22(2,3)28)13-18(14)24-20(26)16-7-4-5-8-17(16)23/h4-5,7-8,10-11,13,19,28H,6,9,12H2,1-3H3,(H,24,26). The third-order valence-corrected chi connectivity index (χ3v) is 5.18. The Labute approximate surface area is 164 Å². The van der Waals surface area contributed by atoms with Crippen molar-refractivity contribution in [1.82, 2.24) is 4.90 Å². The van der Waals surface area contributed by atoms with Gasteiger partial charge in [0.05, 0.1) is 17.2 Å². The van der Waals surface area contributed by atoms with Gasteiger partial charge in [-0.2, -0.15) is 0 Å². The zero-order chi connectivity index (χ0) is 20.5. The normalized spacial score (nSPS) is 16.9. The molecule has 1 atom stereocenters. The number of aliphatic hydroxyl groups is 1. The van der Waals surface area contributed by atoms with Crippen LogP contribution in [0.5, 0.6) is 0 Å². The van der Waals surface area contributed by atoms with Gasteiger partial charge in [-0.1, -0.05) is 18.2 Å². The Kier molecular flexibility index (Phi) is 5.52. The number of carbonyl (C=O) groups is 2. The van der Waals surface area contributed by atoms with E-state index in [0.717, 1.165) is 18.4 Å². The molecule has 2 amide bonds. The molecule has 3 rings (SSSR count). The SMILES string of the molecule is Cc1ccc(C(=O)N2CCCC2C(C)(C)O)cc1NC(=O)c1ccccc1F. The molecule has 0 spiro atoms. The van der Waals surface area contributed by atoms with Crippen LogP contribution in [-0.2, 0) is 0 Å². The monoisotopic (exact) mass is 384 g/mol. The molecule has 2 aromatic rings. The topological polar surface area (TPSA) is 69.6 Å². The Balaban J connectivity index is 1.84. The molecule has 28 heavy (non-hydrogen) atoms. The highest BCUT2D eigenvalue weighted by molar-refractivity contribution is 6.05. The van der Waals surface area contributed by atoms with Gasteiger partial charge in [0.25, 0.3) is 11.8 Å². The first-order valence-corrected chi connectivity index (χ1v) is 9.38. The summed E-state index contributed by atoms with van der Waals surface area (Å²) in [6, 6.07) is 10.6. The lowest BCUT2D eigenvalue weighted by Crippen LogP contribution is -2.48. The lowest BCUT2D eigenvalue weighted by Gasteiger charge is -2.34. The minimum Gasteiger partial charge on any atom is -0.388 e. The molecule has 1 aliphatic rings. The van der Waals surface area contributed by atoms with E-state index in [1.165, 1.54) is 18.2 Å². The van der Waals surface area contributed by atoms with Crippen molar-refractivity contribution < 1.29 is 19.1 Å². The number of nitrogens with zero attached hydrogens (tertiary/aromatic N) is 1. The zero-order valence-electron chi connectivity index (χ0n) is 16.3. The maximum absolute atomic E-state index is 13.9. The maximum atomic E-state index is 13.9. The van der Waals surface area contributed by atoms with Gasteiger partial charge < -0.3 is 15.3 Å². The quantitative estimate of drug-likeness (QED) is 0.843. The first-order valence-electron chi connectivity index (χ1n) is 9.38. The van der Waals surface area contributed by atoms with Crippen LogP contribution < -0.4 is 5.32 Å². The lowest BCUT2D eigenvalue weighted by molar-refractivity contribution is 0.000339. The number of nitrogens with one attached hydrogen (secondary N) is 1. The largest absolute Gasteiger partial charge is 0.388 e. The summed E-state index contributed by atoms with van der Waals surface area (Å²) in [5, 5.41) is 13.1. The summed E-state index contributed by atoms with van der Waals surface area (Å²) in [6.07, 6.45) is 1.58. The molecule has 0 saturated carbocycles. The van der Waals surface area contributed by atoms with Crippen molar-refractivity contribution in [2.24, 2.45) is 0 Å². The fourth-order valence-corrected chi connectivity index (χ4v) is 3.63. The first-order chi connectivity index (χ1) is 13.2. The summed E-state index contributed by atoms with van der Waals surface area (Å²) >= 11 is 0. The number of hydrogen-bond acceptors (Lipinski definition) is 3. The third kappa shape index (κ3) is 4.07. The second kappa shape index (κ2) is 7.72. The van der Waals surface area contributed by atoms with Crippen LogP contribution in [0.3, 0.4) is 0 Å². The molecule has 0 aromatic heterocycles. The Morgan fingerprint density at radius 3 is 2.61 bits per heavy atom. The van der Waals surface area contributed by atoms with Gasteiger partial charge in [0.1, 0.15) is 5.82 Å². The number of amides is 2. The van der Waals surface area contributed by atoms with Crippen LogP contribution >= 0.6 is 0 Å². The van der Waals surface area contributed by atoms with Crippen molar-refractivity contribution in [3.8, 4) is 0 Å². The minimum atomic E-state index is -0.987. The summed E-state index contributed by atoms with van der Waals surface area (Å²) in [7, 11) is 0. The lowest BCUT2D eigenvalue weighted by atomic mass is 9.96. The fourth-order valence-electron chi connectivity index (χ4n) is 3.63. The molecule has 0 bridgehead atoms. The van der Waals surface area contributed by atoms with Crippen molar-refractivity contribution in [1.29, 1.82) is 0 Å². The van der Waals surface area contributed by atoms with Crippen LogP contribution in [0.25, 0.3) is 0 Å². The first kappa shape index (κ1) is 20.0. The van der Waals surface area contributed by atoms with E-state index in [1.54, 1.807) is 49.9 Å². The van der Waals surface area contributed by atoms with Gasteiger partial charge in [-0.3, -0.25) is 9.59 Å². The summed E-state index contributed by atoms with van der Waals surface area (Å²) in [4.78, 5) is 27.1. The Hall–Kier alpha value is -2.73. The van der Waals surface area contributed by atoms with E-state index in [0.29, 0.717) is 17.8 Å². The van der Waals surface area contributed by atoms with E-state index >= 15 is 0 Å². The van der Waals surface area contributed by atoms with Gasteiger partial charge >= 0.3 is 0 Å². The van der Waals surface area contributed by atoms with Gasteiger partial charge in [0, 0.05) is 17.8 Å². The fraction of sp³-hybridized carbons (Fsp3) is 0.364. The molecule has 2 aromatic carbocycles. The van der Waals surface area contributed by atoms with Crippen LogP contribution in [0.15, 0.2) is 42.5 Å². The van der Waals surface area contributed by atoms with Gasteiger partial charge in [-0.15, -0.1) is 0 Å². The molecule has 0 aliphatic carbocycles. The third-order valence-electron chi connectivity index (χ3n) is 5.18. The molecule has 1 fully saturated rings. The molecule has 6 heteroatoms. The Bertz CT molecular complexity index is 905. The van der Waals surface area contributed by atoms with E-state index in [4.69, 9.17) is 0 Å². The molecule has 5 nitrogen and oxygen atoms in total. The molecular weight excluding hydrogens is 359 g/mol. The summed E-state index contributed by atoms with van der Waals surface area (Å²) in [5.41, 5.74) is 0.601. The predicted molar refractivity (Wildman–Crippen MR) is 106 cm³/mol. The van der Waals surface area contributed by atoms with Gasteiger partial charge in [0.2, 0.25) is 0 Å². The van der Waals surface area contributed by atoms with Crippen LogP contribution in [0, 0.1) is 12.7 Å². The van der Waals surface area contributed by atoms with E-state index in [-0.39, 0.29) is 17.5 Å². The summed E-state index contributed by atoms with van der Waals surface area (Å²) < 4.78 is 13.9. The average Bonchev–Trinajstić information content (AvgIpc) is 3.13. The number of halogens is 1. The highest BCUT2D eigenvalue weighted by atomic mass is 19.1. The van der Waals surface area contributed by atoms with Gasteiger partial charge in [0.15, 0.2) is 0 Å². The predicted octanol–water partition coefficient (Wildman–Crippen LogP) is 3.76. The highest BCUT2D eigenvalue weighted by Gasteiger charge is 2.38. The van der Waals surface area contributed by atoms with Crippen molar-refractivity contribution in [3.63, 3.8) is 0 Å². The molecule has 2 N–H and O–H groups in total. The van der Waals surface area contributed by atoms with Crippen LogP contribution in [-0.4, -0.2) is 40.0 Å². The molecule has 148 valence electrons. The van der Waals surface area contributed by atoms with Crippen molar-refractivity contribution in [2.75, 3.05) is 11.9 Å². The maximum Gasteiger partial charge on any atom is 0.258 e. The highest BCUT2D eigenvalue weighted by Crippen LogP contribution is 2.29. The van der Waals surface area contributed by atoms with Crippen LogP contribution in [0.2, 0.25) is 0 Å². The number of rotatable bonds is 4. The van der Waals surface area contributed by atoms with Gasteiger partial charge in [-0.25, -0.2) is 4.39 Å². The molecule has 1 saturated heterocycles. The van der Waals surface area contributed by atoms with Crippen LogP contribution in [0.4, 0.5) is 10.1 Å². The summed E-state index contributed by atoms with van der Waals surface area (Å²) in [6.45, 7) is 5.80. The van der Waals surface area contributed by atoms with Crippen molar-refractivity contribution >= 4 is 17.5 Å². The van der Waals surface area contributed by atoms with Crippen molar-refractivity contribution in [2.45, 2.75) is 45.3 Å². The molecule has 1 unspecified atom stereocenters. The number of aryl methyl sites for hydroxylation is 1. The number of anilines is 1. The van der Waals surface area contributed by atoms with Crippen molar-refractivity contribution in [3.05, 3.63) is 65.0 Å². The van der Waals surface area contributed by atoms with Crippen LogP contribution in [0.1, 0.15) is 53.0 Å². The van der Waals surface area contributed by atoms with E-state index in [9.17, 15) is 19.1 Å². The zero-order valence-corrected chi connectivity index (χ0v) is 16.3. The van der Waals surface area contributed by atoms with E-state index in [2.05, 4.69) is 5.32 Å². The van der Waals surface area contributed by atoms with E-state index < -0.39 is 17.3 Å². The Morgan fingerprint density at radius 1 is 1.21 bits per heavy atom. The number of benzene rings is 2. The second-order valence-corrected chi connectivity index (χ2v) is 7.77. The number of hydrogen-bond donors (Lipinski definition) is 2. The molecule has 1 aliphatic heterocycles. The smallest absolute Gasteiger partial charge is 0.258 e. The Morgan fingerprint density at radius 2 is 1.93 bits per heavy atom. The number of likely N-dealkylation sites (tertiary alicyclic amines) is 1. The molecular formula is C22H25FN2O3. The number of carbonyl (C=O) groups excluding carboxylic acids is 2. The van der Waals surface area contributed by atoms with E-state index in [1.807, 2.05) is 0 Å². The van der Waals surface area contributed by atoms with Gasteiger partial charge in [-0.05, 0) is 63.4 Å². The average molecular weight is 384 g/mol. The molecule has 1 heterocycles. The minimum absolute atomic E-state index is 0.0553.